The molecule has 0 atom stereocenters. The van der Waals surface area contributed by atoms with Crippen LogP contribution in [0.15, 0.2) is 30.3 Å². The number of anilines is 2. The largest absolute Gasteiger partial charge is 0.450 e. The molecule has 1 aromatic heterocycles. The zero-order valence-corrected chi connectivity index (χ0v) is 15.2. The van der Waals surface area contributed by atoms with Crippen molar-refractivity contribution in [2.45, 2.75) is 6.92 Å². The predicted molar refractivity (Wildman–Crippen MR) is 97.2 cm³/mol. The smallest absolute Gasteiger partial charge is 0.409 e. The first-order valence-electron chi connectivity index (χ1n) is 8.74. The Morgan fingerprint density at radius 3 is 2.43 bits per heavy atom. The summed E-state index contributed by atoms with van der Waals surface area (Å²) in [6.45, 7) is 4.21. The van der Waals surface area contributed by atoms with E-state index >= 15 is 0 Å². The Morgan fingerprint density at radius 2 is 1.82 bits per heavy atom. The lowest BCUT2D eigenvalue weighted by Crippen LogP contribution is -2.49. The van der Waals surface area contributed by atoms with Gasteiger partial charge in [-0.3, -0.25) is 4.79 Å². The molecule has 1 saturated heterocycles. The Labute approximate surface area is 160 Å². The van der Waals surface area contributed by atoms with E-state index in [-0.39, 0.29) is 17.5 Å². The maximum Gasteiger partial charge on any atom is 0.409 e. The molecular formula is C18H19F2N5O3. The van der Waals surface area contributed by atoms with Gasteiger partial charge in [0.15, 0.2) is 23.1 Å². The molecule has 10 heteroatoms. The molecular weight excluding hydrogens is 372 g/mol. The van der Waals surface area contributed by atoms with Crippen molar-refractivity contribution in [2.75, 3.05) is 43.0 Å². The average Bonchev–Trinajstić information content (AvgIpc) is 2.71. The minimum atomic E-state index is -1.05. The molecule has 2 heterocycles. The molecule has 2 amide bonds. The van der Waals surface area contributed by atoms with Crippen LogP contribution in [0.1, 0.15) is 17.4 Å². The monoisotopic (exact) mass is 391 g/mol. The van der Waals surface area contributed by atoms with Crippen molar-refractivity contribution >= 4 is 23.5 Å². The Kier molecular flexibility index (Phi) is 5.97. The number of carbonyl (C=O) groups excluding carboxylic acids is 2. The molecule has 1 aliphatic rings. The topological polar surface area (TPSA) is 87.7 Å². The van der Waals surface area contributed by atoms with Gasteiger partial charge in [-0.1, -0.05) is 0 Å². The highest BCUT2D eigenvalue weighted by Gasteiger charge is 2.23. The summed E-state index contributed by atoms with van der Waals surface area (Å²) in [6.07, 6.45) is -0.336. The zero-order chi connectivity index (χ0) is 20.1. The third-order valence-electron chi connectivity index (χ3n) is 4.19. The highest BCUT2D eigenvalue weighted by molar-refractivity contribution is 6.02. The molecule has 0 aliphatic carbocycles. The first-order valence-corrected chi connectivity index (χ1v) is 8.74. The normalized spacial score (nSPS) is 14.0. The van der Waals surface area contributed by atoms with E-state index in [9.17, 15) is 18.4 Å². The number of hydrogen-bond donors (Lipinski definition) is 1. The van der Waals surface area contributed by atoms with E-state index in [2.05, 4.69) is 15.5 Å². The van der Waals surface area contributed by atoms with E-state index in [0.29, 0.717) is 38.6 Å². The molecule has 0 bridgehead atoms. The summed E-state index contributed by atoms with van der Waals surface area (Å²) in [6, 6.07) is 6.21. The lowest BCUT2D eigenvalue weighted by Gasteiger charge is -2.34. The summed E-state index contributed by atoms with van der Waals surface area (Å²) in [5.74, 6) is -2.06. The lowest BCUT2D eigenvalue weighted by atomic mass is 10.2. The van der Waals surface area contributed by atoms with Gasteiger partial charge in [0.25, 0.3) is 5.91 Å². The van der Waals surface area contributed by atoms with Crippen molar-refractivity contribution in [2.24, 2.45) is 0 Å². The first-order chi connectivity index (χ1) is 13.5. The summed E-state index contributed by atoms with van der Waals surface area (Å²) in [7, 11) is 0. The Morgan fingerprint density at radius 1 is 1.07 bits per heavy atom. The van der Waals surface area contributed by atoms with Crippen LogP contribution in [-0.4, -0.2) is 59.9 Å². The van der Waals surface area contributed by atoms with Gasteiger partial charge in [0.05, 0.1) is 6.61 Å². The lowest BCUT2D eigenvalue weighted by molar-refractivity contribution is 0.101. The van der Waals surface area contributed by atoms with Crippen molar-refractivity contribution in [1.82, 2.24) is 15.1 Å². The number of piperazine rings is 1. The molecule has 8 nitrogen and oxygen atoms in total. The maximum atomic E-state index is 13.2. The number of rotatable bonds is 4. The number of amides is 2. The van der Waals surface area contributed by atoms with Crippen LogP contribution in [0, 0.1) is 11.6 Å². The third-order valence-corrected chi connectivity index (χ3v) is 4.19. The van der Waals surface area contributed by atoms with Crippen molar-refractivity contribution in [3.05, 3.63) is 47.7 Å². The Bertz CT molecular complexity index is 855. The van der Waals surface area contributed by atoms with Crippen molar-refractivity contribution in [1.29, 1.82) is 0 Å². The predicted octanol–water partition coefficient (Wildman–Crippen LogP) is 2.29. The number of ether oxygens (including phenoxy) is 1. The van der Waals surface area contributed by atoms with Crippen molar-refractivity contribution in [3.8, 4) is 0 Å². The first kappa shape index (κ1) is 19.5. The molecule has 0 radical (unpaired) electrons. The highest BCUT2D eigenvalue weighted by Crippen LogP contribution is 2.16. The average molecular weight is 391 g/mol. The number of halogens is 2. The molecule has 148 valence electrons. The maximum absolute atomic E-state index is 13.2. The van der Waals surface area contributed by atoms with Crippen LogP contribution < -0.4 is 10.2 Å². The number of aromatic nitrogens is 2. The Balaban J connectivity index is 1.58. The van der Waals surface area contributed by atoms with E-state index in [4.69, 9.17) is 4.74 Å². The van der Waals surface area contributed by atoms with Gasteiger partial charge < -0.3 is 19.9 Å². The van der Waals surface area contributed by atoms with E-state index in [1.54, 1.807) is 17.9 Å². The van der Waals surface area contributed by atoms with Gasteiger partial charge in [-0.2, -0.15) is 0 Å². The van der Waals surface area contributed by atoms with Crippen molar-refractivity contribution < 1.29 is 23.1 Å². The van der Waals surface area contributed by atoms with Crippen LogP contribution in [0.25, 0.3) is 0 Å². The van der Waals surface area contributed by atoms with E-state index in [1.165, 1.54) is 12.1 Å². The van der Waals surface area contributed by atoms with Gasteiger partial charge in [-0.15, -0.1) is 10.2 Å². The zero-order valence-electron chi connectivity index (χ0n) is 15.2. The summed E-state index contributed by atoms with van der Waals surface area (Å²) in [5.41, 5.74) is 0.156. The molecule has 0 spiro atoms. The fourth-order valence-corrected chi connectivity index (χ4v) is 2.72. The van der Waals surface area contributed by atoms with Gasteiger partial charge in [0.2, 0.25) is 0 Å². The molecule has 1 N–H and O–H groups in total. The minimum absolute atomic E-state index is 0.0404. The summed E-state index contributed by atoms with van der Waals surface area (Å²) < 4.78 is 31.1. The Hall–Kier alpha value is -3.30. The van der Waals surface area contributed by atoms with Gasteiger partial charge in [-0.05, 0) is 31.2 Å². The van der Waals surface area contributed by atoms with Crippen LogP contribution in [0.3, 0.4) is 0 Å². The SMILES string of the molecule is CCOC(=O)N1CCN(c2ccc(C(=O)Nc3ccc(F)c(F)c3)nn2)CC1. The van der Waals surface area contributed by atoms with Crippen LogP contribution in [0.5, 0.6) is 0 Å². The van der Waals surface area contributed by atoms with Crippen LogP contribution in [0.2, 0.25) is 0 Å². The van der Waals surface area contributed by atoms with Crippen LogP contribution in [-0.2, 0) is 4.74 Å². The molecule has 2 aromatic rings. The number of benzene rings is 1. The van der Waals surface area contributed by atoms with Gasteiger partial charge in [-0.25, -0.2) is 13.6 Å². The van der Waals surface area contributed by atoms with Crippen molar-refractivity contribution in [3.63, 3.8) is 0 Å². The third kappa shape index (κ3) is 4.51. The summed E-state index contributed by atoms with van der Waals surface area (Å²) in [4.78, 5) is 27.5. The molecule has 0 unspecified atom stereocenters. The number of carbonyl (C=O) groups is 2. The molecule has 1 aromatic carbocycles. The van der Waals surface area contributed by atoms with Gasteiger partial charge in [0, 0.05) is 37.9 Å². The van der Waals surface area contributed by atoms with Crippen LogP contribution in [0.4, 0.5) is 25.1 Å². The number of nitrogens with one attached hydrogen (secondary N) is 1. The molecule has 3 rings (SSSR count). The van der Waals surface area contributed by atoms with Gasteiger partial charge >= 0.3 is 6.09 Å². The molecule has 1 aliphatic heterocycles. The molecule has 0 saturated carbocycles. The second kappa shape index (κ2) is 8.59. The quantitative estimate of drug-likeness (QED) is 0.861. The highest BCUT2D eigenvalue weighted by atomic mass is 19.2. The minimum Gasteiger partial charge on any atom is -0.450 e. The van der Waals surface area contributed by atoms with E-state index < -0.39 is 17.5 Å². The molecule has 28 heavy (non-hydrogen) atoms. The number of hydrogen-bond acceptors (Lipinski definition) is 6. The summed E-state index contributed by atoms with van der Waals surface area (Å²) in [5, 5.41) is 10.4. The summed E-state index contributed by atoms with van der Waals surface area (Å²) >= 11 is 0. The van der Waals surface area contributed by atoms with Gasteiger partial charge in [0.1, 0.15) is 0 Å². The van der Waals surface area contributed by atoms with E-state index in [0.717, 1.165) is 12.1 Å². The van der Waals surface area contributed by atoms with E-state index in [1.807, 2.05) is 4.90 Å². The fourth-order valence-electron chi connectivity index (χ4n) is 2.72. The fraction of sp³-hybridized carbons (Fsp3) is 0.333. The standard InChI is InChI=1S/C18H19F2N5O3/c1-2-28-18(27)25-9-7-24(8-10-25)16-6-5-15(22-23-16)17(26)21-12-3-4-13(19)14(20)11-12/h3-6,11H,2,7-10H2,1H3,(H,21,26). The molecule has 1 fully saturated rings. The van der Waals surface area contributed by atoms with Crippen LogP contribution >= 0.6 is 0 Å². The second-order valence-electron chi connectivity index (χ2n) is 6.03. The number of nitrogens with zero attached hydrogens (tertiary/aromatic N) is 4. The second-order valence-corrected chi connectivity index (χ2v) is 6.03.